The van der Waals surface area contributed by atoms with E-state index in [-0.39, 0.29) is 23.2 Å². The SMILES string of the molecule is COc1cc(S(C)(=O)=O)ccc1NCC#Cc1cc2c(N[C@H]3CC[C@@H](N4CCC(OC)CC4)CC3)cccc2n1CC(F)(F)F. The number of ether oxygens (including phenoxy) is 2. The second kappa shape index (κ2) is 13.9. The number of halogens is 3. The van der Waals surface area contributed by atoms with Gasteiger partial charge in [-0.05, 0) is 74.8 Å². The molecule has 12 heteroatoms. The Hall–Kier alpha value is -3.40. The van der Waals surface area contributed by atoms with E-state index in [9.17, 15) is 21.6 Å². The molecule has 2 N–H and O–H groups in total. The first-order valence-electron chi connectivity index (χ1n) is 15.3. The summed E-state index contributed by atoms with van der Waals surface area (Å²) in [6, 6.07) is 12.4. The Bertz CT molecular complexity index is 1650. The van der Waals surface area contributed by atoms with E-state index in [1.165, 1.54) is 23.8 Å². The van der Waals surface area contributed by atoms with Crippen LogP contribution in [0.2, 0.25) is 0 Å². The molecule has 0 atom stereocenters. The average Bonchev–Trinajstić information content (AvgIpc) is 3.35. The Balaban J connectivity index is 1.30. The van der Waals surface area contributed by atoms with Crippen LogP contribution in [0.3, 0.4) is 0 Å². The zero-order valence-corrected chi connectivity index (χ0v) is 26.7. The summed E-state index contributed by atoms with van der Waals surface area (Å²) < 4.78 is 76.8. The number of fused-ring (bicyclic) bond motifs is 1. The molecule has 8 nitrogen and oxygen atoms in total. The summed E-state index contributed by atoms with van der Waals surface area (Å²) in [5.41, 5.74) is 2.08. The van der Waals surface area contributed by atoms with Gasteiger partial charge in [0.25, 0.3) is 0 Å². The Morgan fingerprint density at radius 1 is 0.978 bits per heavy atom. The van der Waals surface area contributed by atoms with E-state index < -0.39 is 22.6 Å². The molecule has 244 valence electrons. The zero-order valence-electron chi connectivity index (χ0n) is 25.9. The van der Waals surface area contributed by atoms with Gasteiger partial charge in [0.15, 0.2) is 9.84 Å². The Morgan fingerprint density at radius 3 is 2.36 bits per heavy atom. The van der Waals surface area contributed by atoms with Crippen LogP contribution < -0.4 is 15.4 Å². The summed E-state index contributed by atoms with van der Waals surface area (Å²) in [4.78, 5) is 2.71. The summed E-state index contributed by atoms with van der Waals surface area (Å²) in [7, 11) is -0.199. The molecule has 2 aliphatic rings. The van der Waals surface area contributed by atoms with E-state index in [4.69, 9.17) is 9.47 Å². The van der Waals surface area contributed by atoms with Crippen LogP contribution in [0.1, 0.15) is 44.2 Å². The van der Waals surface area contributed by atoms with Crippen molar-refractivity contribution in [3.8, 4) is 17.6 Å². The lowest BCUT2D eigenvalue weighted by Gasteiger charge is -2.40. The average molecular weight is 647 g/mol. The molecule has 5 rings (SSSR count). The maximum Gasteiger partial charge on any atom is 0.406 e. The van der Waals surface area contributed by atoms with Gasteiger partial charge in [-0.2, -0.15) is 13.2 Å². The number of alkyl halides is 3. The van der Waals surface area contributed by atoms with Gasteiger partial charge < -0.3 is 29.6 Å². The number of hydrogen-bond acceptors (Lipinski definition) is 7. The molecule has 0 radical (unpaired) electrons. The summed E-state index contributed by atoms with van der Waals surface area (Å²) in [5.74, 6) is 6.17. The number of methoxy groups -OCH3 is 2. The highest BCUT2D eigenvalue weighted by atomic mass is 32.2. The molecule has 0 unspecified atom stereocenters. The van der Waals surface area contributed by atoms with E-state index in [1.807, 2.05) is 6.07 Å². The van der Waals surface area contributed by atoms with Crippen LogP contribution in [-0.4, -0.2) is 82.4 Å². The van der Waals surface area contributed by atoms with Gasteiger partial charge in [0.1, 0.15) is 12.3 Å². The molecule has 1 saturated heterocycles. The first-order chi connectivity index (χ1) is 21.4. The Labute approximate surface area is 263 Å². The highest BCUT2D eigenvalue weighted by Crippen LogP contribution is 2.33. The number of aromatic nitrogens is 1. The van der Waals surface area contributed by atoms with E-state index >= 15 is 0 Å². The van der Waals surface area contributed by atoms with Crippen LogP contribution in [0, 0.1) is 11.8 Å². The third kappa shape index (κ3) is 8.26. The van der Waals surface area contributed by atoms with Crippen LogP contribution >= 0.6 is 0 Å². The molecule has 1 aromatic heterocycles. The van der Waals surface area contributed by atoms with E-state index in [1.54, 1.807) is 31.4 Å². The molecule has 1 saturated carbocycles. The first-order valence-corrected chi connectivity index (χ1v) is 17.2. The Morgan fingerprint density at radius 2 is 1.71 bits per heavy atom. The molecule has 45 heavy (non-hydrogen) atoms. The topological polar surface area (TPSA) is 84.8 Å². The lowest BCUT2D eigenvalue weighted by Crippen LogP contribution is -2.45. The smallest absolute Gasteiger partial charge is 0.406 e. The van der Waals surface area contributed by atoms with Crippen molar-refractivity contribution in [3.63, 3.8) is 0 Å². The highest BCUT2D eigenvalue weighted by molar-refractivity contribution is 7.90. The molecule has 2 heterocycles. The number of nitrogens with one attached hydrogen (secondary N) is 2. The maximum absolute atomic E-state index is 13.7. The number of likely N-dealkylation sites (tertiary alicyclic amines) is 1. The normalized spacial score (nSPS) is 20.0. The van der Waals surface area contributed by atoms with E-state index in [0.717, 1.165) is 63.6 Å². The fraction of sp³-hybridized carbons (Fsp3) is 0.515. The third-order valence-corrected chi connectivity index (χ3v) is 9.96. The molecule has 0 amide bonds. The fourth-order valence-corrected chi connectivity index (χ4v) is 7.10. The van der Waals surface area contributed by atoms with Crippen LogP contribution in [0.4, 0.5) is 24.5 Å². The van der Waals surface area contributed by atoms with Gasteiger partial charge >= 0.3 is 6.18 Å². The van der Waals surface area contributed by atoms with Crippen molar-refractivity contribution in [3.05, 3.63) is 48.2 Å². The minimum atomic E-state index is -4.42. The van der Waals surface area contributed by atoms with Gasteiger partial charge in [0, 0.05) is 55.7 Å². The van der Waals surface area contributed by atoms with Gasteiger partial charge in [0.05, 0.1) is 41.6 Å². The minimum Gasteiger partial charge on any atom is -0.495 e. The number of sulfone groups is 1. The summed E-state index contributed by atoms with van der Waals surface area (Å²) in [6.45, 7) is 1.09. The molecule has 1 aliphatic heterocycles. The van der Waals surface area contributed by atoms with Gasteiger partial charge in [-0.25, -0.2) is 8.42 Å². The van der Waals surface area contributed by atoms with Crippen molar-refractivity contribution in [2.24, 2.45) is 0 Å². The monoisotopic (exact) mass is 646 g/mol. The molecule has 0 bridgehead atoms. The molecule has 2 fully saturated rings. The lowest BCUT2D eigenvalue weighted by atomic mass is 9.88. The van der Waals surface area contributed by atoms with Crippen molar-refractivity contribution >= 4 is 32.1 Å². The fourth-order valence-electron chi connectivity index (χ4n) is 6.47. The molecular formula is C33H41F3N4O4S. The van der Waals surface area contributed by atoms with Gasteiger partial charge in [-0.3, -0.25) is 0 Å². The summed E-state index contributed by atoms with van der Waals surface area (Å²) in [5, 5.41) is 7.41. The molecule has 3 aromatic rings. The number of nitrogens with zero attached hydrogens (tertiary/aromatic N) is 2. The molecular weight excluding hydrogens is 605 g/mol. The van der Waals surface area contributed by atoms with E-state index in [2.05, 4.69) is 27.4 Å². The standard InChI is InChI=1S/C33H41F3N4O4S/c1-43-26-15-18-39(19-16-26)24-11-9-23(10-12-24)38-29-7-4-8-31-28(29)20-25(40(31)22-33(34,35)36)6-5-17-37-30-14-13-27(45(3,41)42)21-32(30)44-2/h4,7-8,13-14,20-21,23-24,26,37-38H,9-12,15-19,22H2,1-3H3/t23-,24+. The largest absolute Gasteiger partial charge is 0.495 e. The molecule has 2 aromatic carbocycles. The van der Waals surface area contributed by atoms with Crippen molar-refractivity contribution < 1.29 is 31.1 Å². The van der Waals surface area contributed by atoms with Gasteiger partial charge in [-0.15, -0.1) is 0 Å². The minimum absolute atomic E-state index is 0.111. The van der Waals surface area contributed by atoms with Crippen molar-refractivity contribution in [2.45, 2.75) is 74.3 Å². The van der Waals surface area contributed by atoms with Gasteiger partial charge in [0.2, 0.25) is 0 Å². The van der Waals surface area contributed by atoms with Crippen molar-refractivity contribution in [1.29, 1.82) is 0 Å². The number of benzene rings is 2. The van der Waals surface area contributed by atoms with Crippen molar-refractivity contribution in [2.75, 3.05) is 50.7 Å². The number of piperidine rings is 1. The number of anilines is 2. The van der Waals surface area contributed by atoms with Crippen LogP contribution in [0.25, 0.3) is 10.9 Å². The molecule has 0 spiro atoms. The lowest BCUT2D eigenvalue weighted by molar-refractivity contribution is -0.140. The first kappa shape index (κ1) is 33.0. The highest BCUT2D eigenvalue weighted by Gasteiger charge is 2.31. The quantitative estimate of drug-likeness (QED) is 0.280. The van der Waals surface area contributed by atoms with Crippen LogP contribution in [-0.2, 0) is 21.1 Å². The van der Waals surface area contributed by atoms with Crippen LogP contribution in [0.15, 0.2) is 47.4 Å². The van der Waals surface area contributed by atoms with E-state index in [0.29, 0.717) is 34.5 Å². The number of rotatable bonds is 9. The zero-order chi connectivity index (χ0) is 32.2. The predicted molar refractivity (Wildman–Crippen MR) is 171 cm³/mol. The summed E-state index contributed by atoms with van der Waals surface area (Å²) in [6.07, 6.45) is 3.37. The number of hydrogen-bond donors (Lipinski definition) is 2. The van der Waals surface area contributed by atoms with Gasteiger partial charge in [-0.1, -0.05) is 12.0 Å². The van der Waals surface area contributed by atoms with Crippen LogP contribution in [0.5, 0.6) is 5.75 Å². The van der Waals surface area contributed by atoms with Crippen molar-refractivity contribution in [1.82, 2.24) is 9.47 Å². The summed E-state index contributed by atoms with van der Waals surface area (Å²) >= 11 is 0. The predicted octanol–water partition coefficient (Wildman–Crippen LogP) is 5.91. The Kier molecular flexibility index (Phi) is 10.2. The molecule has 1 aliphatic carbocycles. The second-order valence-electron chi connectivity index (χ2n) is 11.9. The maximum atomic E-state index is 13.7. The third-order valence-electron chi connectivity index (χ3n) is 8.85. The second-order valence-corrected chi connectivity index (χ2v) is 13.9.